The zero-order chi connectivity index (χ0) is 13.0. The summed E-state index contributed by atoms with van der Waals surface area (Å²) in [6, 6.07) is -0.488. The fourth-order valence-electron chi connectivity index (χ4n) is 1.95. The summed E-state index contributed by atoms with van der Waals surface area (Å²) in [6.07, 6.45) is 2.32. The number of ether oxygens (including phenoxy) is 2. The van der Waals surface area contributed by atoms with E-state index in [1.807, 2.05) is 12.3 Å². The van der Waals surface area contributed by atoms with E-state index in [1.54, 1.807) is 0 Å². The second-order valence-electron chi connectivity index (χ2n) is 4.33. The Morgan fingerprint density at radius 3 is 3.17 bits per heavy atom. The summed E-state index contributed by atoms with van der Waals surface area (Å²) in [5.74, 6) is -0.303. The molecule has 2 heterocycles. The second-order valence-corrected chi connectivity index (χ2v) is 5.22. The lowest BCUT2D eigenvalue weighted by Crippen LogP contribution is -2.35. The van der Waals surface area contributed by atoms with Gasteiger partial charge in [-0.1, -0.05) is 0 Å². The molecule has 18 heavy (non-hydrogen) atoms. The lowest BCUT2D eigenvalue weighted by Gasteiger charge is -2.16. The highest BCUT2D eigenvalue weighted by Gasteiger charge is 2.26. The first kappa shape index (κ1) is 13.5. The van der Waals surface area contributed by atoms with Gasteiger partial charge in [-0.2, -0.15) is 0 Å². The fourth-order valence-corrected chi connectivity index (χ4v) is 2.81. The second kappa shape index (κ2) is 6.26. The first-order valence-corrected chi connectivity index (χ1v) is 6.93. The first-order valence-electron chi connectivity index (χ1n) is 6.05. The van der Waals surface area contributed by atoms with E-state index in [2.05, 4.69) is 10.3 Å². The van der Waals surface area contributed by atoms with Gasteiger partial charge in [0.15, 0.2) is 6.04 Å². The minimum Gasteiger partial charge on any atom is -0.468 e. The van der Waals surface area contributed by atoms with Crippen molar-refractivity contribution >= 4 is 17.3 Å². The molecule has 0 spiro atoms. The Morgan fingerprint density at radius 2 is 2.61 bits per heavy atom. The molecule has 5 nitrogen and oxygen atoms in total. The number of hydrogen-bond donors (Lipinski definition) is 1. The molecule has 0 aromatic carbocycles. The van der Waals surface area contributed by atoms with Crippen LogP contribution in [0.15, 0.2) is 5.38 Å². The fraction of sp³-hybridized carbons (Fsp3) is 0.667. The molecule has 2 atom stereocenters. The molecule has 2 rings (SSSR count). The van der Waals surface area contributed by atoms with Crippen molar-refractivity contribution in [2.45, 2.75) is 31.9 Å². The number of rotatable bonds is 5. The van der Waals surface area contributed by atoms with E-state index < -0.39 is 6.04 Å². The van der Waals surface area contributed by atoms with Gasteiger partial charge in [-0.25, -0.2) is 9.78 Å². The van der Waals surface area contributed by atoms with Gasteiger partial charge in [0.1, 0.15) is 5.01 Å². The predicted molar refractivity (Wildman–Crippen MR) is 68.6 cm³/mol. The molecule has 6 heteroatoms. The van der Waals surface area contributed by atoms with Crippen LogP contribution in [0.4, 0.5) is 0 Å². The Labute approximate surface area is 111 Å². The summed E-state index contributed by atoms with van der Waals surface area (Å²) in [6.45, 7) is 3.37. The van der Waals surface area contributed by atoms with E-state index in [0.29, 0.717) is 6.54 Å². The van der Waals surface area contributed by atoms with Gasteiger partial charge in [0.2, 0.25) is 0 Å². The molecule has 0 amide bonds. The van der Waals surface area contributed by atoms with E-state index >= 15 is 0 Å². The van der Waals surface area contributed by atoms with Crippen LogP contribution in [0.25, 0.3) is 0 Å². The van der Waals surface area contributed by atoms with Gasteiger partial charge in [-0.05, 0) is 19.8 Å². The van der Waals surface area contributed by atoms with Gasteiger partial charge >= 0.3 is 5.97 Å². The number of aromatic nitrogens is 1. The van der Waals surface area contributed by atoms with Crippen LogP contribution in [-0.4, -0.2) is 37.3 Å². The normalized spacial score (nSPS) is 20.9. The van der Waals surface area contributed by atoms with Gasteiger partial charge in [0.05, 0.1) is 13.2 Å². The zero-order valence-corrected chi connectivity index (χ0v) is 11.5. The Balaban J connectivity index is 1.98. The van der Waals surface area contributed by atoms with Gasteiger partial charge in [0, 0.05) is 24.2 Å². The van der Waals surface area contributed by atoms with Crippen molar-refractivity contribution in [3.05, 3.63) is 16.1 Å². The summed E-state index contributed by atoms with van der Waals surface area (Å²) >= 11 is 1.47. The molecule has 1 fully saturated rings. The van der Waals surface area contributed by atoms with Crippen LogP contribution < -0.4 is 5.32 Å². The standard InChI is InChI=1S/C12H18N2O3S/c1-8-7-18-11(14-8)10(12(15)16-2)13-6-9-4-3-5-17-9/h7,9-10,13H,3-6H2,1-2H3. The third-order valence-corrected chi connectivity index (χ3v) is 3.92. The Kier molecular flexibility index (Phi) is 4.68. The van der Waals surface area contributed by atoms with Crippen LogP contribution in [-0.2, 0) is 14.3 Å². The average Bonchev–Trinajstić information content (AvgIpc) is 3.01. The van der Waals surface area contributed by atoms with Crippen LogP contribution in [0.2, 0.25) is 0 Å². The average molecular weight is 270 g/mol. The van der Waals surface area contributed by atoms with E-state index in [1.165, 1.54) is 18.4 Å². The van der Waals surface area contributed by atoms with E-state index in [9.17, 15) is 4.79 Å². The van der Waals surface area contributed by atoms with E-state index in [0.717, 1.165) is 30.2 Å². The maximum Gasteiger partial charge on any atom is 0.330 e. The molecule has 0 saturated carbocycles. The number of hydrogen-bond acceptors (Lipinski definition) is 6. The van der Waals surface area contributed by atoms with Gasteiger partial charge in [0.25, 0.3) is 0 Å². The number of nitrogens with one attached hydrogen (secondary N) is 1. The van der Waals surface area contributed by atoms with Crippen LogP contribution in [0.3, 0.4) is 0 Å². The van der Waals surface area contributed by atoms with Crippen molar-refractivity contribution in [3.63, 3.8) is 0 Å². The number of methoxy groups -OCH3 is 1. The maximum atomic E-state index is 11.8. The molecule has 2 unspecified atom stereocenters. The SMILES string of the molecule is COC(=O)C(NCC1CCCO1)c1nc(C)cs1. The van der Waals surface area contributed by atoms with Crippen molar-refractivity contribution in [1.82, 2.24) is 10.3 Å². The highest BCUT2D eigenvalue weighted by molar-refractivity contribution is 7.09. The highest BCUT2D eigenvalue weighted by atomic mass is 32.1. The summed E-state index contributed by atoms with van der Waals surface area (Å²) in [4.78, 5) is 16.1. The topological polar surface area (TPSA) is 60.5 Å². The molecule has 1 aromatic heterocycles. The van der Waals surface area contributed by atoms with Crippen LogP contribution in [0.5, 0.6) is 0 Å². The molecule has 1 saturated heterocycles. The minimum absolute atomic E-state index is 0.193. The lowest BCUT2D eigenvalue weighted by atomic mass is 10.2. The Morgan fingerprint density at radius 1 is 1.78 bits per heavy atom. The molecule has 1 aromatic rings. The molecule has 0 bridgehead atoms. The summed E-state index contributed by atoms with van der Waals surface area (Å²) in [7, 11) is 1.39. The number of nitrogens with zero attached hydrogens (tertiary/aromatic N) is 1. The lowest BCUT2D eigenvalue weighted by molar-refractivity contribution is -0.143. The molecule has 1 N–H and O–H groups in total. The smallest absolute Gasteiger partial charge is 0.330 e. The van der Waals surface area contributed by atoms with Crippen molar-refractivity contribution in [1.29, 1.82) is 0 Å². The minimum atomic E-state index is -0.488. The van der Waals surface area contributed by atoms with E-state index in [4.69, 9.17) is 9.47 Å². The number of aryl methyl sites for hydroxylation is 1. The third-order valence-electron chi connectivity index (χ3n) is 2.89. The van der Waals surface area contributed by atoms with E-state index in [-0.39, 0.29) is 12.1 Å². The first-order chi connectivity index (χ1) is 8.70. The molecule has 0 radical (unpaired) electrons. The zero-order valence-electron chi connectivity index (χ0n) is 10.6. The van der Waals surface area contributed by atoms with Crippen molar-refractivity contribution in [2.75, 3.05) is 20.3 Å². The summed E-state index contributed by atoms with van der Waals surface area (Å²) in [5, 5.41) is 5.87. The number of carbonyl (C=O) groups is 1. The Hall–Kier alpha value is -0.980. The number of esters is 1. The molecular weight excluding hydrogens is 252 g/mol. The predicted octanol–water partition coefficient (Wildman–Crippen LogP) is 1.43. The molecule has 0 aliphatic carbocycles. The van der Waals surface area contributed by atoms with Crippen LogP contribution >= 0.6 is 11.3 Å². The van der Waals surface area contributed by atoms with Crippen LogP contribution in [0, 0.1) is 6.92 Å². The Bertz CT molecular complexity index is 402. The van der Waals surface area contributed by atoms with Crippen molar-refractivity contribution < 1.29 is 14.3 Å². The highest BCUT2D eigenvalue weighted by Crippen LogP contribution is 2.20. The molecular formula is C12H18N2O3S. The van der Waals surface area contributed by atoms with Crippen LogP contribution in [0.1, 0.15) is 29.6 Å². The number of carbonyl (C=O) groups excluding carboxylic acids is 1. The maximum absolute atomic E-state index is 11.8. The molecule has 100 valence electrons. The molecule has 1 aliphatic heterocycles. The molecule has 1 aliphatic rings. The summed E-state index contributed by atoms with van der Waals surface area (Å²) in [5.41, 5.74) is 0.919. The van der Waals surface area contributed by atoms with Gasteiger partial charge in [-0.3, -0.25) is 5.32 Å². The summed E-state index contributed by atoms with van der Waals surface area (Å²) < 4.78 is 10.3. The van der Waals surface area contributed by atoms with Gasteiger partial charge < -0.3 is 9.47 Å². The van der Waals surface area contributed by atoms with Gasteiger partial charge in [-0.15, -0.1) is 11.3 Å². The number of thiazole rings is 1. The quantitative estimate of drug-likeness (QED) is 0.820. The largest absolute Gasteiger partial charge is 0.468 e. The van der Waals surface area contributed by atoms with Crippen molar-refractivity contribution in [3.8, 4) is 0 Å². The monoisotopic (exact) mass is 270 g/mol. The van der Waals surface area contributed by atoms with Crippen molar-refractivity contribution in [2.24, 2.45) is 0 Å². The third kappa shape index (κ3) is 3.28.